The van der Waals surface area contributed by atoms with Gasteiger partial charge >= 0.3 is 6.18 Å². The summed E-state index contributed by atoms with van der Waals surface area (Å²) in [5.74, 6) is -0.622. The summed E-state index contributed by atoms with van der Waals surface area (Å²) in [6.07, 6.45) is -2.81. The zero-order valence-corrected chi connectivity index (χ0v) is 16.4. The zero-order chi connectivity index (χ0) is 20.5. The van der Waals surface area contributed by atoms with Crippen molar-refractivity contribution in [1.29, 1.82) is 0 Å². The lowest BCUT2D eigenvalue weighted by molar-refractivity contribution is -0.137. The lowest BCUT2D eigenvalue weighted by Gasteiger charge is -2.30. The second-order valence-corrected chi connectivity index (χ2v) is 8.21. The number of alkyl halides is 3. The lowest BCUT2D eigenvalue weighted by Crippen LogP contribution is -2.42. The minimum absolute atomic E-state index is 0.00192. The Morgan fingerprint density at radius 1 is 1.25 bits per heavy atom. The number of hydrogen-bond donors (Lipinski definition) is 1. The van der Waals surface area contributed by atoms with Gasteiger partial charge in [0.15, 0.2) is 0 Å². The first-order valence-electron chi connectivity index (χ1n) is 9.00. The first-order valence-corrected chi connectivity index (χ1v) is 9.81. The summed E-state index contributed by atoms with van der Waals surface area (Å²) in [5, 5.41) is 2.62. The number of benzene rings is 1. The molecule has 0 bridgehead atoms. The predicted octanol–water partition coefficient (Wildman–Crippen LogP) is 4.56. The van der Waals surface area contributed by atoms with Crippen LogP contribution in [0.3, 0.4) is 0 Å². The average molecular weight is 410 g/mol. The third-order valence-corrected chi connectivity index (χ3v) is 5.71. The Hall–Kier alpha value is -2.35. The normalized spacial score (nSPS) is 15.2. The van der Waals surface area contributed by atoms with Gasteiger partial charge in [0.1, 0.15) is 0 Å². The Bertz CT molecular complexity index is 874. The summed E-state index contributed by atoms with van der Waals surface area (Å²) in [6.45, 7) is 3.42. The molecule has 1 aromatic carbocycles. The average Bonchev–Trinajstić information content (AvgIpc) is 3.38. The second-order valence-electron chi connectivity index (χ2n) is 6.92. The molecule has 0 spiro atoms. The molecule has 1 heterocycles. The van der Waals surface area contributed by atoms with E-state index in [1.807, 2.05) is 13.0 Å². The Labute approximate surface area is 165 Å². The van der Waals surface area contributed by atoms with Crippen molar-refractivity contribution >= 4 is 23.2 Å². The molecular weight excluding hydrogens is 389 g/mol. The Morgan fingerprint density at radius 3 is 2.54 bits per heavy atom. The van der Waals surface area contributed by atoms with Gasteiger partial charge in [0.2, 0.25) is 5.91 Å². The first-order chi connectivity index (χ1) is 13.2. The minimum atomic E-state index is -4.43. The van der Waals surface area contributed by atoms with E-state index in [0.717, 1.165) is 29.9 Å². The maximum absolute atomic E-state index is 13.0. The Balaban J connectivity index is 1.70. The van der Waals surface area contributed by atoms with Crippen LogP contribution in [-0.2, 0) is 11.0 Å². The van der Waals surface area contributed by atoms with E-state index in [1.165, 1.54) is 17.4 Å². The van der Waals surface area contributed by atoms with Gasteiger partial charge < -0.3 is 10.2 Å². The third-order valence-electron chi connectivity index (χ3n) is 4.71. The molecule has 4 nitrogen and oxygen atoms in total. The highest BCUT2D eigenvalue weighted by atomic mass is 32.1. The second kappa shape index (κ2) is 7.95. The van der Waals surface area contributed by atoms with E-state index in [4.69, 9.17) is 0 Å². The first kappa shape index (κ1) is 20.4. The van der Waals surface area contributed by atoms with E-state index >= 15 is 0 Å². The number of nitrogens with zero attached hydrogens (tertiary/aromatic N) is 1. The summed E-state index contributed by atoms with van der Waals surface area (Å²) >= 11 is 1.34. The molecule has 2 amide bonds. The number of carbonyl (C=O) groups excluding carboxylic acids is 2. The van der Waals surface area contributed by atoms with Crippen molar-refractivity contribution in [1.82, 2.24) is 10.2 Å². The van der Waals surface area contributed by atoms with Crippen LogP contribution in [0.2, 0.25) is 0 Å². The van der Waals surface area contributed by atoms with Crippen molar-refractivity contribution in [2.45, 2.75) is 44.9 Å². The van der Waals surface area contributed by atoms with E-state index in [1.54, 1.807) is 24.0 Å². The van der Waals surface area contributed by atoms with E-state index in [0.29, 0.717) is 10.4 Å². The zero-order valence-electron chi connectivity index (χ0n) is 15.5. The van der Waals surface area contributed by atoms with Crippen molar-refractivity contribution in [2.75, 3.05) is 6.54 Å². The van der Waals surface area contributed by atoms with Gasteiger partial charge in [-0.2, -0.15) is 13.2 Å². The van der Waals surface area contributed by atoms with Gasteiger partial charge in [-0.1, -0.05) is 12.1 Å². The van der Waals surface area contributed by atoms with Crippen LogP contribution in [0, 0.1) is 6.92 Å². The maximum Gasteiger partial charge on any atom is 0.416 e. The van der Waals surface area contributed by atoms with Gasteiger partial charge in [0.05, 0.1) is 23.0 Å². The molecule has 150 valence electrons. The molecule has 1 N–H and O–H groups in total. The molecule has 1 fully saturated rings. The summed E-state index contributed by atoms with van der Waals surface area (Å²) in [6, 6.07) is 8.06. The monoisotopic (exact) mass is 410 g/mol. The van der Waals surface area contributed by atoms with Crippen LogP contribution in [0.5, 0.6) is 0 Å². The largest absolute Gasteiger partial charge is 0.416 e. The van der Waals surface area contributed by atoms with Crippen LogP contribution in [0.1, 0.15) is 51.5 Å². The van der Waals surface area contributed by atoms with Gasteiger partial charge in [0.25, 0.3) is 5.91 Å². The Kier molecular flexibility index (Phi) is 5.79. The summed E-state index contributed by atoms with van der Waals surface area (Å²) in [7, 11) is 0. The third kappa shape index (κ3) is 4.73. The van der Waals surface area contributed by atoms with Gasteiger partial charge in [-0.15, -0.1) is 11.3 Å². The topological polar surface area (TPSA) is 49.4 Å². The van der Waals surface area contributed by atoms with Crippen molar-refractivity contribution < 1.29 is 22.8 Å². The number of hydrogen-bond acceptors (Lipinski definition) is 3. The maximum atomic E-state index is 13.0. The molecule has 0 saturated heterocycles. The van der Waals surface area contributed by atoms with E-state index in [-0.39, 0.29) is 24.4 Å². The number of rotatable bonds is 6. The molecule has 1 atom stereocenters. The highest BCUT2D eigenvalue weighted by molar-refractivity contribution is 7.13. The van der Waals surface area contributed by atoms with Crippen LogP contribution in [0.4, 0.5) is 13.2 Å². The Morgan fingerprint density at radius 2 is 1.96 bits per heavy atom. The molecule has 8 heteroatoms. The SMILES string of the molecule is Cc1ccc(C(=O)NCC(=O)N(C2CC2)C(C)c2cccc(C(F)(F)F)c2)s1. The predicted molar refractivity (Wildman–Crippen MR) is 101 cm³/mol. The van der Waals surface area contributed by atoms with Gasteiger partial charge in [-0.05, 0) is 56.5 Å². The number of thiophene rings is 1. The van der Waals surface area contributed by atoms with Crippen LogP contribution in [-0.4, -0.2) is 29.3 Å². The van der Waals surface area contributed by atoms with Gasteiger partial charge in [-0.25, -0.2) is 0 Å². The fourth-order valence-corrected chi connectivity index (χ4v) is 3.90. The van der Waals surface area contributed by atoms with Gasteiger partial charge in [-0.3, -0.25) is 9.59 Å². The molecule has 1 aliphatic carbocycles. The highest BCUT2D eigenvalue weighted by Gasteiger charge is 2.37. The molecule has 1 aliphatic rings. The fourth-order valence-electron chi connectivity index (χ4n) is 3.11. The van der Waals surface area contributed by atoms with Crippen LogP contribution in [0.25, 0.3) is 0 Å². The highest BCUT2D eigenvalue weighted by Crippen LogP contribution is 2.36. The molecule has 1 unspecified atom stereocenters. The fraction of sp³-hybridized carbons (Fsp3) is 0.400. The quantitative estimate of drug-likeness (QED) is 0.759. The van der Waals surface area contributed by atoms with E-state index < -0.39 is 17.8 Å². The molecule has 1 saturated carbocycles. The van der Waals surface area contributed by atoms with Crippen molar-refractivity contribution in [2.24, 2.45) is 0 Å². The number of aryl methyl sites for hydroxylation is 1. The number of nitrogens with one attached hydrogen (secondary N) is 1. The molecular formula is C20H21F3N2O2S. The van der Waals surface area contributed by atoms with Crippen LogP contribution < -0.4 is 5.32 Å². The van der Waals surface area contributed by atoms with Crippen LogP contribution in [0.15, 0.2) is 36.4 Å². The number of carbonyl (C=O) groups is 2. The lowest BCUT2D eigenvalue weighted by atomic mass is 10.0. The van der Waals surface area contributed by atoms with Crippen molar-refractivity contribution in [3.05, 3.63) is 57.3 Å². The number of amides is 2. The molecule has 28 heavy (non-hydrogen) atoms. The standard InChI is InChI=1S/C20H21F3N2O2S/c1-12-6-9-17(28-12)19(27)24-11-18(26)25(16-7-8-16)13(2)14-4-3-5-15(10-14)20(21,22)23/h3-6,9-10,13,16H,7-8,11H2,1-2H3,(H,24,27). The smallest absolute Gasteiger partial charge is 0.342 e. The molecule has 1 aromatic heterocycles. The molecule has 0 radical (unpaired) electrons. The summed E-state index contributed by atoms with van der Waals surface area (Å²) in [4.78, 5) is 28.0. The molecule has 3 rings (SSSR count). The minimum Gasteiger partial charge on any atom is -0.342 e. The van der Waals surface area contributed by atoms with Crippen molar-refractivity contribution in [3.8, 4) is 0 Å². The number of halogens is 3. The van der Waals surface area contributed by atoms with E-state index in [2.05, 4.69) is 5.32 Å². The summed E-state index contributed by atoms with van der Waals surface area (Å²) < 4.78 is 39.0. The summed E-state index contributed by atoms with van der Waals surface area (Å²) in [5.41, 5.74) is -0.309. The molecule has 0 aliphatic heterocycles. The molecule has 2 aromatic rings. The van der Waals surface area contributed by atoms with Crippen LogP contribution >= 0.6 is 11.3 Å². The van der Waals surface area contributed by atoms with Gasteiger partial charge in [0, 0.05) is 10.9 Å². The van der Waals surface area contributed by atoms with E-state index in [9.17, 15) is 22.8 Å². The van der Waals surface area contributed by atoms with Crippen molar-refractivity contribution in [3.63, 3.8) is 0 Å².